The van der Waals surface area contributed by atoms with Gasteiger partial charge in [-0.15, -0.1) is 0 Å². The Morgan fingerprint density at radius 1 is 1.27 bits per heavy atom. The number of nitrogens with one attached hydrogen (secondary N) is 1. The van der Waals surface area contributed by atoms with Gasteiger partial charge in [-0.25, -0.2) is 9.37 Å². The number of benzene rings is 2. The van der Waals surface area contributed by atoms with Gasteiger partial charge in [-0.05, 0) is 35.9 Å². The normalized spacial score (nSPS) is 11.0. The van der Waals surface area contributed by atoms with Gasteiger partial charge in [0.2, 0.25) is 5.91 Å². The highest BCUT2D eigenvalue weighted by Crippen LogP contribution is 2.28. The van der Waals surface area contributed by atoms with E-state index >= 15 is 0 Å². The van der Waals surface area contributed by atoms with E-state index in [9.17, 15) is 9.18 Å². The summed E-state index contributed by atoms with van der Waals surface area (Å²) in [7, 11) is 3.44. The summed E-state index contributed by atoms with van der Waals surface area (Å²) >= 11 is 0. The molecule has 3 rings (SSSR count). The lowest BCUT2D eigenvalue weighted by Gasteiger charge is -2.09. The molecule has 30 heavy (non-hydrogen) atoms. The first-order valence-corrected chi connectivity index (χ1v) is 9.50. The first-order chi connectivity index (χ1) is 14.5. The van der Waals surface area contributed by atoms with Crippen LogP contribution in [0.3, 0.4) is 0 Å². The van der Waals surface area contributed by atoms with E-state index in [4.69, 9.17) is 9.47 Å². The van der Waals surface area contributed by atoms with Crippen molar-refractivity contribution in [2.45, 2.75) is 6.42 Å². The number of rotatable bonds is 9. The predicted octanol–water partition coefficient (Wildman–Crippen LogP) is 3.66. The number of aromatic nitrogens is 2. The summed E-state index contributed by atoms with van der Waals surface area (Å²) < 4.78 is 26.1. The number of methoxy groups -OCH3 is 1. The van der Waals surface area contributed by atoms with Gasteiger partial charge in [0.05, 0.1) is 18.1 Å². The van der Waals surface area contributed by atoms with Gasteiger partial charge in [-0.3, -0.25) is 4.79 Å². The number of hydrogen-bond acceptors (Lipinski definition) is 4. The molecule has 0 spiro atoms. The zero-order valence-corrected chi connectivity index (χ0v) is 17.0. The molecule has 0 aliphatic rings. The summed E-state index contributed by atoms with van der Waals surface area (Å²) in [5.74, 6) is 1.44. The van der Waals surface area contributed by atoms with Crippen molar-refractivity contribution in [1.29, 1.82) is 0 Å². The molecule has 0 atom stereocenters. The van der Waals surface area contributed by atoms with Gasteiger partial charge in [-0.2, -0.15) is 0 Å². The van der Waals surface area contributed by atoms with Gasteiger partial charge in [0.1, 0.15) is 18.2 Å². The van der Waals surface area contributed by atoms with Gasteiger partial charge in [-0.1, -0.05) is 18.7 Å². The third-order valence-electron chi connectivity index (χ3n) is 4.55. The summed E-state index contributed by atoms with van der Waals surface area (Å²) in [6.07, 6.45) is 5.36. The second-order valence-corrected chi connectivity index (χ2v) is 6.60. The van der Waals surface area contributed by atoms with Crippen molar-refractivity contribution in [3.05, 3.63) is 72.3 Å². The third-order valence-corrected chi connectivity index (χ3v) is 4.55. The van der Waals surface area contributed by atoms with E-state index in [2.05, 4.69) is 16.9 Å². The molecule has 2 aromatic carbocycles. The van der Waals surface area contributed by atoms with E-state index in [1.165, 1.54) is 18.2 Å². The Morgan fingerprint density at radius 2 is 2.10 bits per heavy atom. The van der Waals surface area contributed by atoms with Crippen LogP contribution >= 0.6 is 0 Å². The van der Waals surface area contributed by atoms with Crippen LogP contribution in [0.25, 0.3) is 17.1 Å². The van der Waals surface area contributed by atoms with Crippen molar-refractivity contribution >= 4 is 23.0 Å². The number of hydrogen-bond donors (Lipinski definition) is 1. The SMILES string of the molecule is C=CCOc1ccc(/C=C/C(=O)NCCc2nc3cc(F)ccc3n2C)cc1OC. The Morgan fingerprint density at radius 3 is 2.87 bits per heavy atom. The number of halogens is 1. The molecule has 0 fully saturated rings. The monoisotopic (exact) mass is 409 g/mol. The molecular weight excluding hydrogens is 385 g/mol. The van der Waals surface area contributed by atoms with E-state index in [1.807, 2.05) is 17.7 Å². The van der Waals surface area contributed by atoms with Gasteiger partial charge >= 0.3 is 0 Å². The topological polar surface area (TPSA) is 65.4 Å². The Bertz CT molecular complexity index is 1090. The van der Waals surface area contributed by atoms with E-state index in [-0.39, 0.29) is 11.7 Å². The molecule has 6 nitrogen and oxygen atoms in total. The maximum absolute atomic E-state index is 13.4. The number of fused-ring (bicyclic) bond motifs is 1. The Hall–Kier alpha value is -3.61. The standard InChI is InChI=1S/C23H24FN3O3/c1-4-13-30-20-9-5-16(14-21(20)29-3)6-10-23(28)25-12-11-22-26-18-15-17(24)7-8-19(18)27(22)2/h4-10,14-15H,1,11-13H2,2-3H3,(H,25,28)/b10-6+. The summed E-state index contributed by atoms with van der Waals surface area (Å²) in [5.41, 5.74) is 2.27. The fourth-order valence-electron chi connectivity index (χ4n) is 3.03. The van der Waals surface area contributed by atoms with Crippen LogP contribution in [0.15, 0.2) is 55.1 Å². The molecule has 1 aromatic heterocycles. The quantitative estimate of drug-likeness (QED) is 0.433. The van der Waals surface area contributed by atoms with Crippen molar-refractivity contribution < 1.29 is 18.7 Å². The maximum Gasteiger partial charge on any atom is 0.244 e. The first kappa shape index (κ1) is 21.1. The molecule has 0 saturated carbocycles. The predicted molar refractivity (Wildman–Crippen MR) is 115 cm³/mol. The van der Waals surface area contributed by atoms with Gasteiger partial charge < -0.3 is 19.4 Å². The van der Waals surface area contributed by atoms with Crippen molar-refractivity contribution in [3.8, 4) is 11.5 Å². The zero-order chi connectivity index (χ0) is 21.5. The van der Waals surface area contributed by atoms with Gasteiger partial charge in [0.15, 0.2) is 11.5 Å². The molecule has 0 aliphatic heterocycles. The number of nitrogens with zero attached hydrogens (tertiary/aromatic N) is 2. The molecule has 0 bridgehead atoms. The molecule has 0 saturated heterocycles. The highest BCUT2D eigenvalue weighted by atomic mass is 19.1. The lowest BCUT2D eigenvalue weighted by atomic mass is 10.2. The van der Waals surface area contributed by atoms with E-state index < -0.39 is 0 Å². The second kappa shape index (κ2) is 9.73. The lowest BCUT2D eigenvalue weighted by molar-refractivity contribution is -0.116. The molecule has 0 unspecified atom stereocenters. The fraction of sp³-hybridized carbons (Fsp3) is 0.217. The maximum atomic E-state index is 13.4. The van der Waals surface area contributed by atoms with E-state index in [1.54, 1.807) is 37.5 Å². The van der Waals surface area contributed by atoms with Crippen LogP contribution in [0.2, 0.25) is 0 Å². The number of carbonyl (C=O) groups excluding carboxylic acids is 1. The Labute approximate surface area is 174 Å². The number of amides is 1. The largest absolute Gasteiger partial charge is 0.493 e. The third kappa shape index (κ3) is 5.05. The summed E-state index contributed by atoms with van der Waals surface area (Å²) in [5, 5.41) is 2.83. The minimum atomic E-state index is -0.317. The molecular formula is C23H24FN3O3. The lowest BCUT2D eigenvalue weighted by Crippen LogP contribution is -2.24. The summed E-state index contributed by atoms with van der Waals surface area (Å²) in [6.45, 7) is 4.42. The van der Waals surface area contributed by atoms with Crippen molar-refractivity contribution in [3.63, 3.8) is 0 Å². The van der Waals surface area contributed by atoms with Crippen LogP contribution in [-0.2, 0) is 18.3 Å². The van der Waals surface area contributed by atoms with Crippen molar-refractivity contribution in [1.82, 2.24) is 14.9 Å². The van der Waals surface area contributed by atoms with Gasteiger partial charge in [0, 0.05) is 32.2 Å². The minimum absolute atomic E-state index is 0.217. The van der Waals surface area contributed by atoms with Crippen LogP contribution in [0.1, 0.15) is 11.4 Å². The van der Waals surface area contributed by atoms with Crippen molar-refractivity contribution in [2.24, 2.45) is 7.05 Å². The smallest absolute Gasteiger partial charge is 0.244 e. The van der Waals surface area contributed by atoms with Crippen LogP contribution in [0, 0.1) is 5.82 Å². The van der Waals surface area contributed by atoms with Gasteiger partial charge in [0.25, 0.3) is 0 Å². The number of imidazole rings is 1. The molecule has 0 radical (unpaired) electrons. The molecule has 1 amide bonds. The highest BCUT2D eigenvalue weighted by molar-refractivity contribution is 5.91. The van der Waals surface area contributed by atoms with Crippen molar-refractivity contribution in [2.75, 3.05) is 20.3 Å². The average molecular weight is 409 g/mol. The summed E-state index contributed by atoms with van der Waals surface area (Å²) in [6, 6.07) is 9.93. The minimum Gasteiger partial charge on any atom is -0.493 e. The van der Waals surface area contributed by atoms with E-state index in [0.717, 1.165) is 16.9 Å². The zero-order valence-electron chi connectivity index (χ0n) is 17.0. The molecule has 156 valence electrons. The average Bonchev–Trinajstić information content (AvgIpc) is 3.05. The molecule has 1 N–H and O–H groups in total. The Balaban J connectivity index is 1.56. The van der Waals surface area contributed by atoms with Crippen LogP contribution in [-0.4, -0.2) is 35.7 Å². The number of carbonyl (C=O) groups is 1. The molecule has 1 heterocycles. The highest BCUT2D eigenvalue weighted by Gasteiger charge is 2.09. The van der Waals surface area contributed by atoms with Crippen LogP contribution in [0.4, 0.5) is 4.39 Å². The van der Waals surface area contributed by atoms with E-state index in [0.29, 0.717) is 36.6 Å². The number of aryl methyl sites for hydroxylation is 1. The number of ether oxygens (including phenoxy) is 2. The molecule has 3 aromatic rings. The first-order valence-electron chi connectivity index (χ1n) is 9.50. The molecule has 7 heteroatoms. The second-order valence-electron chi connectivity index (χ2n) is 6.60. The fourth-order valence-corrected chi connectivity index (χ4v) is 3.03. The van der Waals surface area contributed by atoms with Crippen LogP contribution < -0.4 is 14.8 Å². The summed E-state index contributed by atoms with van der Waals surface area (Å²) in [4.78, 5) is 16.6. The molecule has 0 aliphatic carbocycles. The van der Waals surface area contributed by atoms with Crippen LogP contribution in [0.5, 0.6) is 11.5 Å². The Kier molecular flexibility index (Phi) is 6.85.